The zero-order valence-corrected chi connectivity index (χ0v) is 12.1. The summed E-state index contributed by atoms with van der Waals surface area (Å²) < 4.78 is 13.8. The molecule has 0 spiro atoms. The Labute approximate surface area is 128 Å². The van der Waals surface area contributed by atoms with Crippen molar-refractivity contribution in [3.05, 3.63) is 82.6 Å². The molecule has 0 bridgehead atoms. The number of nitrogens with two attached hydrogens (primary N) is 1. The van der Waals surface area contributed by atoms with Gasteiger partial charge in [0.2, 0.25) is 0 Å². The van der Waals surface area contributed by atoms with Crippen molar-refractivity contribution >= 4 is 22.4 Å². The molecule has 0 aliphatic heterocycles. The minimum absolute atomic E-state index is 0.268. The minimum atomic E-state index is -0.274. The maximum absolute atomic E-state index is 13.8. The topological polar surface area (TPSA) is 26.0 Å². The Morgan fingerprint density at radius 3 is 2.62 bits per heavy atom. The summed E-state index contributed by atoms with van der Waals surface area (Å²) in [4.78, 5) is 0. The molecule has 0 aliphatic carbocycles. The fourth-order valence-electron chi connectivity index (χ4n) is 2.62. The summed E-state index contributed by atoms with van der Waals surface area (Å²) in [5.74, 6) is -0.268. The van der Waals surface area contributed by atoms with Crippen LogP contribution in [-0.4, -0.2) is 0 Å². The summed E-state index contributed by atoms with van der Waals surface area (Å²) >= 11 is 5.93. The maximum Gasteiger partial charge on any atom is 0.126 e. The Hall–Kier alpha value is -1.90. The average Bonchev–Trinajstić information content (AvgIpc) is 2.50. The second-order valence-electron chi connectivity index (χ2n) is 5.11. The summed E-state index contributed by atoms with van der Waals surface area (Å²) in [7, 11) is 0. The van der Waals surface area contributed by atoms with E-state index in [0.29, 0.717) is 17.0 Å². The van der Waals surface area contributed by atoms with Gasteiger partial charge in [-0.1, -0.05) is 54.1 Å². The fourth-order valence-corrected chi connectivity index (χ4v) is 2.82. The molecule has 1 unspecified atom stereocenters. The van der Waals surface area contributed by atoms with E-state index in [1.54, 1.807) is 12.1 Å². The van der Waals surface area contributed by atoms with Crippen LogP contribution in [0, 0.1) is 5.82 Å². The molecule has 0 aliphatic rings. The third-order valence-electron chi connectivity index (χ3n) is 3.67. The van der Waals surface area contributed by atoms with Crippen LogP contribution in [0.2, 0.25) is 5.02 Å². The van der Waals surface area contributed by atoms with Crippen molar-refractivity contribution in [1.82, 2.24) is 0 Å². The van der Waals surface area contributed by atoms with Gasteiger partial charge in [-0.05, 0) is 46.5 Å². The maximum atomic E-state index is 13.8. The number of hydrogen-bond donors (Lipinski definition) is 1. The first-order valence-corrected chi connectivity index (χ1v) is 7.20. The van der Waals surface area contributed by atoms with Gasteiger partial charge in [0.15, 0.2) is 0 Å². The number of hydrogen-bond acceptors (Lipinski definition) is 1. The second kappa shape index (κ2) is 5.84. The number of benzene rings is 3. The SMILES string of the molecule is NC(Cc1cc(Cl)ccc1F)c1cccc2ccccc12. The van der Waals surface area contributed by atoms with Gasteiger partial charge in [-0.25, -0.2) is 4.39 Å². The predicted octanol–water partition coefficient (Wildman–Crippen LogP) is 4.87. The van der Waals surface area contributed by atoms with Crippen molar-refractivity contribution in [2.75, 3.05) is 0 Å². The van der Waals surface area contributed by atoms with Gasteiger partial charge >= 0.3 is 0 Å². The van der Waals surface area contributed by atoms with Crippen LogP contribution in [0.1, 0.15) is 17.2 Å². The van der Waals surface area contributed by atoms with E-state index < -0.39 is 0 Å². The first kappa shape index (κ1) is 14.1. The highest BCUT2D eigenvalue weighted by Crippen LogP contribution is 2.26. The van der Waals surface area contributed by atoms with Crippen molar-refractivity contribution in [2.45, 2.75) is 12.5 Å². The molecule has 0 fully saturated rings. The smallest absolute Gasteiger partial charge is 0.126 e. The van der Waals surface area contributed by atoms with Gasteiger partial charge in [0, 0.05) is 11.1 Å². The zero-order valence-electron chi connectivity index (χ0n) is 11.4. The molecule has 3 aromatic carbocycles. The third-order valence-corrected chi connectivity index (χ3v) is 3.91. The van der Waals surface area contributed by atoms with Crippen molar-refractivity contribution in [3.63, 3.8) is 0 Å². The largest absolute Gasteiger partial charge is 0.324 e. The highest BCUT2D eigenvalue weighted by molar-refractivity contribution is 6.30. The summed E-state index contributed by atoms with van der Waals surface area (Å²) in [6.07, 6.45) is 0.417. The number of fused-ring (bicyclic) bond motifs is 1. The monoisotopic (exact) mass is 299 g/mol. The van der Waals surface area contributed by atoms with Crippen LogP contribution >= 0.6 is 11.6 Å². The molecule has 1 atom stereocenters. The molecule has 0 saturated heterocycles. The van der Waals surface area contributed by atoms with Gasteiger partial charge in [0.25, 0.3) is 0 Å². The highest BCUT2D eigenvalue weighted by atomic mass is 35.5. The summed E-state index contributed by atoms with van der Waals surface area (Å²) in [6, 6.07) is 18.4. The van der Waals surface area contributed by atoms with Crippen molar-refractivity contribution < 1.29 is 4.39 Å². The van der Waals surface area contributed by atoms with E-state index in [0.717, 1.165) is 16.3 Å². The molecular weight excluding hydrogens is 285 g/mol. The van der Waals surface area contributed by atoms with Crippen LogP contribution < -0.4 is 5.73 Å². The van der Waals surface area contributed by atoms with Crippen LogP contribution in [-0.2, 0) is 6.42 Å². The molecule has 0 radical (unpaired) electrons. The molecule has 21 heavy (non-hydrogen) atoms. The Morgan fingerprint density at radius 1 is 1.00 bits per heavy atom. The van der Waals surface area contributed by atoms with Gasteiger partial charge in [-0.2, -0.15) is 0 Å². The van der Waals surface area contributed by atoms with E-state index in [2.05, 4.69) is 0 Å². The van der Waals surface area contributed by atoms with E-state index in [1.165, 1.54) is 6.07 Å². The molecule has 0 heterocycles. The highest BCUT2D eigenvalue weighted by Gasteiger charge is 2.13. The quantitative estimate of drug-likeness (QED) is 0.733. The molecule has 0 saturated carbocycles. The fraction of sp³-hybridized carbons (Fsp3) is 0.111. The second-order valence-corrected chi connectivity index (χ2v) is 5.55. The lowest BCUT2D eigenvalue weighted by Gasteiger charge is -2.15. The van der Waals surface area contributed by atoms with Crippen molar-refractivity contribution in [2.24, 2.45) is 5.73 Å². The Kier molecular flexibility index (Phi) is 3.91. The van der Waals surface area contributed by atoms with E-state index in [9.17, 15) is 4.39 Å². The normalized spacial score (nSPS) is 12.5. The lowest BCUT2D eigenvalue weighted by atomic mass is 9.94. The van der Waals surface area contributed by atoms with E-state index in [1.807, 2.05) is 42.5 Å². The molecule has 1 nitrogen and oxygen atoms in total. The molecule has 2 N–H and O–H groups in total. The molecule has 0 amide bonds. The molecule has 0 aromatic heterocycles. The minimum Gasteiger partial charge on any atom is -0.324 e. The molecule has 3 heteroatoms. The van der Waals surface area contributed by atoms with Crippen LogP contribution in [0.4, 0.5) is 4.39 Å². The van der Waals surface area contributed by atoms with Crippen molar-refractivity contribution in [3.8, 4) is 0 Å². The van der Waals surface area contributed by atoms with E-state index in [4.69, 9.17) is 17.3 Å². The van der Waals surface area contributed by atoms with Gasteiger partial charge in [0.05, 0.1) is 0 Å². The number of rotatable bonds is 3. The lowest BCUT2D eigenvalue weighted by molar-refractivity contribution is 0.594. The van der Waals surface area contributed by atoms with E-state index in [-0.39, 0.29) is 11.9 Å². The molecule has 3 rings (SSSR count). The van der Waals surface area contributed by atoms with Crippen molar-refractivity contribution in [1.29, 1.82) is 0 Å². The summed E-state index contributed by atoms with van der Waals surface area (Å²) in [5, 5.41) is 2.77. The summed E-state index contributed by atoms with van der Waals surface area (Å²) in [6.45, 7) is 0. The molecular formula is C18H15ClFN. The van der Waals surface area contributed by atoms with E-state index >= 15 is 0 Å². The Balaban J connectivity index is 1.97. The van der Waals surface area contributed by atoms with Crippen LogP contribution in [0.5, 0.6) is 0 Å². The van der Waals surface area contributed by atoms with Gasteiger partial charge in [-0.3, -0.25) is 0 Å². The summed E-state index contributed by atoms with van der Waals surface area (Å²) in [5.41, 5.74) is 7.87. The molecule has 106 valence electrons. The number of halogens is 2. The van der Waals surface area contributed by atoms with Crippen LogP contribution in [0.15, 0.2) is 60.7 Å². The first-order valence-electron chi connectivity index (χ1n) is 6.82. The molecule has 3 aromatic rings. The zero-order chi connectivity index (χ0) is 14.8. The predicted molar refractivity (Wildman–Crippen MR) is 86.0 cm³/mol. The van der Waals surface area contributed by atoms with Crippen LogP contribution in [0.25, 0.3) is 10.8 Å². The van der Waals surface area contributed by atoms with Gasteiger partial charge in [-0.15, -0.1) is 0 Å². The Bertz CT molecular complexity index is 780. The van der Waals surface area contributed by atoms with Crippen LogP contribution in [0.3, 0.4) is 0 Å². The van der Waals surface area contributed by atoms with Gasteiger partial charge in [0.1, 0.15) is 5.82 Å². The first-order chi connectivity index (χ1) is 10.1. The standard InChI is InChI=1S/C18H15ClFN/c19-14-8-9-17(20)13(10-14)11-18(21)16-7-3-5-12-4-1-2-6-15(12)16/h1-10,18H,11,21H2. The Morgan fingerprint density at radius 2 is 1.76 bits per heavy atom. The lowest BCUT2D eigenvalue weighted by Crippen LogP contribution is -2.14. The average molecular weight is 300 g/mol. The third kappa shape index (κ3) is 2.92. The van der Waals surface area contributed by atoms with Gasteiger partial charge < -0.3 is 5.73 Å².